The van der Waals surface area contributed by atoms with Crippen molar-refractivity contribution in [3.63, 3.8) is 0 Å². The monoisotopic (exact) mass is 445 g/mol. The van der Waals surface area contributed by atoms with Crippen LogP contribution in [0.2, 0.25) is 0 Å². The number of hydrogen-bond acceptors (Lipinski definition) is 5. The lowest BCUT2D eigenvalue weighted by Crippen LogP contribution is -2.23. The second-order valence-electron chi connectivity index (χ2n) is 7.10. The number of phenols is 1. The molecule has 0 heterocycles. The molecule has 8 heteroatoms. The molecule has 168 valence electrons. The molecular formula is C24H22F3NO4. The molecule has 1 N–H and O–H groups in total. The van der Waals surface area contributed by atoms with E-state index in [2.05, 4.69) is 0 Å². The van der Waals surface area contributed by atoms with Crippen molar-refractivity contribution in [1.82, 2.24) is 0 Å². The van der Waals surface area contributed by atoms with Gasteiger partial charge in [0.25, 0.3) is 0 Å². The van der Waals surface area contributed by atoms with E-state index in [1.807, 2.05) is 4.90 Å². The average molecular weight is 445 g/mol. The minimum atomic E-state index is -4.40. The van der Waals surface area contributed by atoms with Crippen molar-refractivity contribution in [2.45, 2.75) is 19.3 Å². The third kappa shape index (κ3) is 5.51. The Kier molecular flexibility index (Phi) is 6.92. The quantitative estimate of drug-likeness (QED) is 0.493. The Bertz CT molecular complexity index is 1060. The normalized spacial score (nSPS) is 11.2. The van der Waals surface area contributed by atoms with Gasteiger partial charge in [0, 0.05) is 19.2 Å². The summed E-state index contributed by atoms with van der Waals surface area (Å²) in [4.78, 5) is 13.6. The first-order valence-corrected chi connectivity index (χ1v) is 9.66. The second kappa shape index (κ2) is 9.64. The molecular weight excluding hydrogens is 423 g/mol. The highest BCUT2D eigenvalue weighted by atomic mass is 19.4. The molecule has 0 saturated heterocycles. The van der Waals surface area contributed by atoms with Crippen molar-refractivity contribution in [2.24, 2.45) is 0 Å². The zero-order valence-electron chi connectivity index (χ0n) is 17.5. The van der Waals surface area contributed by atoms with E-state index < -0.39 is 17.7 Å². The SMILES string of the molecule is COC(=O)c1ccc(CN(Cc2ccc(C(F)(F)F)cc2)c2ccc(O)cc2OC)cc1. The predicted molar refractivity (Wildman–Crippen MR) is 114 cm³/mol. The van der Waals surface area contributed by atoms with Gasteiger partial charge < -0.3 is 19.5 Å². The van der Waals surface area contributed by atoms with Crippen LogP contribution in [0.25, 0.3) is 0 Å². The zero-order chi connectivity index (χ0) is 23.3. The maximum atomic E-state index is 12.9. The van der Waals surface area contributed by atoms with Crippen molar-refractivity contribution >= 4 is 11.7 Å². The van der Waals surface area contributed by atoms with Gasteiger partial charge >= 0.3 is 12.1 Å². The van der Waals surface area contributed by atoms with Crippen LogP contribution in [0, 0.1) is 0 Å². The lowest BCUT2D eigenvalue weighted by molar-refractivity contribution is -0.137. The van der Waals surface area contributed by atoms with Crippen LogP contribution in [0.3, 0.4) is 0 Å². The van der Waals surface area contributed by atoms with E-state index in [4.69, 9.17) is 9.47 Å². The Labute approximate surface area is 183 Å². The van der Waals surface area contributed by atoms with Crippen LogP contribution in [-0.4, -0.2) is 25.3 Å². The largest absolute Gasteiger partial charge is 0.508 e. The van der Waals surface area contributed by atoms with Gasteiger partial charge in [0.1, 0.15) is 11.5 Å². The summed E-state index contributed by atoms with van der Waals surface area (Å²) in [5, 5.41) is 9.79. The van der Waals surface area contributed by atoms with Crippen molar-refractivity contribution in [3.05, 3.63) is 89.0 Å². The molecule has 3 aromatic carbocycles. The van der Waals surface area contributed by atoms with E-state index in [9.17, 15) is 23.1 Å². The maximum absolute atomic E-state index is 12.9. The lowest BCUT2D eigenvalue weighted by atomic mass is 10.1. The van der Waals surface area contributed by atoms with Crippen LogP contribution >= 0.6 is 0 Å². The summed E-state index contributed by atoms with van der Waals surface area (Å²) >= 11 is 0. The van der Waals surface area contributed by atoms with Gasteiger partial charge in [0.15, 0.2) is 0 Å². The number of carbonyl (C=O) groups excluding carboxylic acids is 1. The van der Waals surface area contributed by atoms with Gasteiger partial charge in [-0.1, -0.05) is 24.3 Å². The molecule has 0 amide bonds. The minimum Gasteiger partial charge on any atom is -0.508 e. The average Bonchev–Trinajstić information content (AvgIpc) is 2.78. The van der Waals surface area contributed by atoms with E-state index >= 15 is 0 Å². The minimum absolute atomic E-state index is 0.0301. The predicted octanol–water partition coefficient (Wildman–Crippen LogP) is 5.41. The van der Waals surface area contributed by atoms with Gasteiger partial charge in [0.2, 0.25) is 0 Å². The van der Waals surface area contributed by atoms with Crippen molar-refractivity contribution < 1.29 is 32.5 Å². The smallest absolute Gasteiger partial charge is 0.416 e. The molecule has 3 aromatic rings. The second-order valence-corrected chi connectivity index (χ2v) is 7.10. The fourth-order valence-corrected chi connectivity index (χ4v) is 3.26. The number of carbonyl (C=O) groups is 1. The van der Waals surface area contributed by atoms with E-state index in [1.54, 1.807) is 30.3 Å². The number of phenolic OH excluding ortho intramolecular Hbond substituents is 1. The molecule has 0 spiro atoms. The van der Waals surface area contributed by atoms with Crippen LogP contribution in [0.5, 0.6) is 11.5 Å². The van der Waals surface area contributed by atoms with Gasteiger partial charge in [-0.05, 0) is 47.5 Å². The Morgan fingerprint density at radius 3 is 1.97 bits per heavy atom. The van der Waals surface area contributed by atoms with Crippen LogP contribution < -0.4 is 9.64 Å². The number of anilines is 1. The van der Waals surface area contributed by atoms with Gasteiger partial charge in [0.05, 0.1) is 31.0 Å². The van der Waals surface area contributed by atoms with E-state index in [0.29, 0.717) is 29.1 Å². The highest BCUT2D eigenvalue weighted by Crippen LogP contribution is 2.34. The lowest BCUT2D eigenvalue weighted by Gasteiger charge is -2.27. The summed E-state index contributed by atoms with van der Waals surface area (Å²) in [5.41, 5.74) is 1.88. The number of aromatic hydroxyl groups is 1. The van der Waals surface area contributed by atoms with Crippen molar-refractivity contribution in [1.29, 1.82) is 0 Å². The number of rotatable bonds is 7. The van der Waals surface area contributed by atoms with Crippen LogP contribution in [0.4, 0.5) is 18.9 Å². The number of nitrogens with zero attached hydrogens (tertiary/aromatic N) is 1. The highest BCUT2D eigenvalue weighted by molar-refractivity contribution is 5.89. The summed E-state index contributed by atoms with van der Waals surface area (Å²) in [6, 6.07) is 16.5. The van der Waals surface area contributed by atoms with E-state index in [1.165, 1.54) is 38.5 Å². The van der Waals surface area contributed by atoms with Gasteiger partial charge in [-0.15, -0.1) is 0 Å². The Morgan fingerprint density at radius 1 is 0.906 bits per heavy atom. The molecule has 3 rings (SSSR count). The van der Waals surface area contributed by atoms with Crippen molar-refractivity contribution in [2.75, 3.05) is 19.1 Å². The number of ether oxygens (including phenoxy) is 2. The maximum Gasteiger partial charge on any atom is 0.416 e. The first-order chi connectivity index (χ1) is 15.2. The molecule has 5 nitrogen and oxygen atoms in total. The number of alkyl halides is 3. The molecule has 0 aliphatic carbocycles. The molecule has 0 aliphatic rings. The molecule has 0 bridgehead atoms. The zero-order valence-corrected chi connectivity index (χ0v) is 17.5. The Balaban J connectivity index is 1.92. The van der Waals surface area contributed by atoms with Crippen molar-refractivity contribution in [3.8, 4) is 11.5 Å². The molecule has 0 saturated carbocycles. The molecule has 0 atom stereocenters. The molecule has 0 radical (unpaired) electrons. The fraction of sp³-hybridized carbons (Fsp3) is 0.208. The summed E-state index contributed by atoms with van der Waals surface area (Å²) in [6.07, 6.45) is -4.40. The third-order valence-electron chi connectivity index (χ3n) is 4.91. The molecule has 0 fully saturated rings. The van der Waals surface area contributed by atoms with Crippen LogP contribution in [0.15, 0.2) is 66.7 Å². The molecule has 0 aliphatic heterocycles. The van der Waals surface area contributed by atoms with E-state index in [0.717, 1.165) is 17.7 Å². The van der Waals surface area contributed by atoms with Gasteiger partial charge in [-0.3, -0.25) is 0 Å². The Morgan fingerprint density at radius 2 is 1.47 bits per heavy atom. The molecule has 0 aromatic heterocycles. The topological polar surface area (TPSA) is 59.0 Å². The van der Waals surface area contributed by atoms with E-state index in [-0.39, 0.29) is 12.3 Å². The molecule has 32 heavy (non-hydrogen) atoms. The Hall–Kier alpha value is -3.68. The first-order valence-electron chi connectivity index (χ1n) is 9.66. The fourth-order valence-electron chi connectivity index (χ4n) is 3.26. The first kappa shape index (κ1) is 23.0. The highest BCUT2D eigenvalue weighted by Gasteiger charge is 2.30. The number of halogens is 3. The summed E-state index contributed by atoms with van der Waals surface area (Å²) < 4.78 is 48.8. The van der Waals surface area contributed by atoms with Crippen LogP contribution in [0.1, 0.15) is 27.0 Å². The molecule has 0 unspecified atom stereocenters. The standard InChI is InChI=1S/C24H22F3NO4/c1-31-22-13-20(29)11-12-21(22)28(14-16-3-7-18(8-4-16)23(30)32-2)15-17-5-9-19(10-6-17)24(25,26)27/h3-13,29H,14-15H2,1-2H3. The third-order valence-corrected chi connectivity index (χ3v) is 4.91. The number of benzene rings is 3. The number of methoxy groups -OCH3 is 2. The van der Waals surface area contributed by atoms with Gasteiger partial charge in [-0.2, -0.15) is 13.2 Å². The van der Waals surface area contributed by atoms with Gasteiger partial charge in [-0.25, -0.2) is 4.79 Å². The summed E-state index contributed by atoms with van der Waals surface area (Å²) in [7, 11) is 2.78. The van der Waals surface area contributed by atoms with Crippen LogP contribution in [-0.2, 0) is 24.0 Å². The number of esters is 1. The summed E-state index contributed by atoms with van der Waals surface area (Å²) in [6.45, 7) is 0.668. The number of hydrogen-bond donors (Lipinski definition) is 1. The summed E-state index contributed by atoms with van der Waals surface area (Å²) in [5.74, 6) is 0.00367.